The second-order valence-electron chi connectivity index (χ2n) is 5.72. The summed E-state index contributed by atoms with van der Waals surface area (Å²) in [5, 5.41) is 4.46. The molecule has 3 rings (SSSR count). The molecule has 0 unspecified atom stereocenters. The summed E-state index contributed by atoms with van der Waals surface area (Å²) in [6.07, 6.45) is 10.4. The first kappa shape index (κ1) is 13.2. The predicted molar refractivity (Wildman–Crippen MR) is 79.9 cm³/mol. The molecule has 0 aliphatic heterocycles. The molecule has 0 spiro atoms. The van der Waals surface area contributed by atoms with Crippen molar-refractivity contribution in [3.05, 3.63) is 47.8 Å². The van der Waals surface area contributed by atoms with E-state index >= 15 is 0 Å². The van der Waals surface area contributed by atoms with Crippen LogP contribution in [-0.2, 0) is 6.61 Å². The smallest absolute Gasteiger partial charge is 0.157 e. The molecule has 1 saturated carbocycles. The van der Waals surface area contributed by atoms with Gasteiger partial charge in [0, 0.05) is 0 Å². The largest absolute Gasteiger partial charge is 0.486 e. The van der Waals surface area contributed by atoms with Gasteiger partial charge < -0.3 is 4.74 Å². The van der Waals surface area contributed by atoms with Crippen molar-refractivity contribution in [1.82, 2.24) is 9.78 Å². The zero-order chi connectivity index (χ0) is 13.8. The van der Waals surface area contributed by atoms with Crippen molar-refractivity contribution in [2.45, 2.75) is 51.7 Å². The van der Waals surface area contributed by atoms with Crippen molar-refractivity contribution in [2.24, 2.45) is 0 Å². The van der Waals surface area contributed by atoms with Crippen molar-refractivity contribution in [3.8, 4) is 5.75 Å². The van der Waals surface area contributed by atoms with Gasteiger partial charge in [0.2, 0.25) is 0 Å². The molecule has 20 heavy (non-hydrogen) atoms. The van der Waals surface area contributed by atoms with E-state index in [0.29, 0.717) is 12.6 Å². The number of aryl methyl sites for hydroxylation is 1. The molecule has 1 aromatic heterocycles. The molecule has 0 atom stereocenters. The minimum Gasteiger partial charge on any atom is -0.486 e. The quantitative estimate of drug-likeness (QED) is 0.829. The van der Waals surface area contributed by atoms with Gasteiger partial charge in [-0.05, 0) is 25.3 Å². The van der Waals surface area contributed by atoms with E-state index in [9.17, 15) is 0 Å². The van der Waals surface area contributed by atoms with Crippen molar-refractivity contribution in [2.75, 3.05) is 0 Å². The molecule has 2 aromatic rings. The first-order valence-corrected chi connectivity index (χ1v) is 7.54. The highest BCUT2D eigenvalue weighted by atomic mass is 16.5. The number of benzene rings is 1. The Balaban J connectivity index is 1.58. The van der Waals surface area contributed by atoms with Crippen LogP contribution in [0.5, 0.6) is 5.75 Å². The molecule has 1 aliphatic rings. The highest BCUT2D eigenvalue weighted by Crippen LogP contribution is 2.28. The van der Waals surface area contributed by atoms with Crippen LogP contribution in [0.4, 0.5) is 0 Å². The van der Waals surface area contributed by atoms with Gasteiger partial charge in [0.15, 0.2) is 5.75 Å². The number of rotatable bonds is 4. The molecule has 0 amide bonds. The molecule has 3 heteroatoms. The maximum atomic E-state index is 5.82. The van der Waals surface area contributed by atoms with Gasteiger partial charge in [0.1, 0.15) is 6.61 Å². The Bertz CT molecular complexity index is 538. The maximum Gasteiger partial charge on any atom is 0.157 e. The molecule has 0 N–H and O–H groups in total. The molecular weight excluding hydrogens is 248 g/mol. The standard InChI is InChI=1S/C17H22N2O/c1-14-7-9-15(10-8-14)13-20-17-11-18-19(12-17)16-5-3-2-4-6-16/h7-12,16H,2-6,13H2,1H3. The Kier molecular flexibility index (Phi) is 4.05. The Morgan fingerprint density at radius 2 is 1.90 bits per heavy atom. The molecular formula is C17H22N2O. The molecule has 1 fully saturated rings. The van der Waals surface area contributed by atoms with E-state index in [-0.39, 0.29) is 0 Å². The average molecular weight is 270 g/mol. The van der Waals surface area contributed by atoms with Gasteiger partial charge in [-0.3, -0.25) is 4.68 Å². The van der Waals surface area contributed by atoms with E-state index in [2.05, 4.69) is 41.0 Å². The summed E-state index contributed by atoms with van der Waals surface area (Å²) in [6, 6.07) is 9.02. The number of hydrogen-bond acceptors (Lipinski definition) is 2. The van der Waals surface area contributed by atoms with Crippen LogP contribution in [-0.4, -0.2) is 9.78 Å². The van der Waals surface area contributed by atoms with Crippen LogP contribution in [0.25, 0.3) is 0 Å². The van der Waals surface area contributed by atoms with Gasteiger partial charge in [-0.1, -0.05) is 49.1 Å². The topological polar surface area (TPSA) is 27.1 Å². The van der Waals surface area contributed by atoms with Gasteiger partial charge in [-0.25, -0.2) is 0 Å². The summed E-state index contributed by atoms with van der Waals surface area (Å²) in [5.74, 6) is 0.871. The van der Waals surface area contributed by atoms with E-state index in [1.54, 1.807) is 0 Å². The van der Waals surface area contributed by atoms with Crippen LogP contribution < -0.4 is 4.74 Å². The summed E-state index contributed by atoms with van der Waals surface area (Å²) in [7, 11) is 0. The summed E-state index contributed by atoms with van der Waals surface area (Å²) in [5.41, 5.74) is 2.47. The van der Waals surface area contributed by atoms with Crippen LogP contribution >= 0.6 is 0 Å². The van der Waals surface area contributed by atoms with Crippen molar-refractivity contribution in [1.29, 1.82) is 0 Å². The summed E-state index contributed by atoms with van der Waals surface area (Å²) < 4.78 is 7.91. The van der Waals surface area contributed by atoms with Crippen LogP contribution in [0.2, 0.25) is 0 Å². The third-order valence-electron chi connectivity index (χ3n) is 4.05. The Morgan fingerprint density at radius 3 is 2.65 bits per heavy atom. The van der Waals surface area contributed by atoms with E-state index in [0.717, 1.165) is 5.75 Å². The van der Waals surface area contributed by atoms with Crippen molar-refractivity contribution >= 4 is 0 Å². The Morgan fingerprint density at radius 1 is 1.15 bits per heavy atom. The Labute approximate surface area is 120 Å². The van der Waals surface area contributed by atoms with E-state index < -0.39 is 0 Å². The number of hydrogen-bond donors (Lipinski definition) is 0. The highest BCUT2D eigenvalue weighted by Gasteiger charge is 2.16. The van der Waals surface area contributed by atoms with Crippen molar-refractivity contribution in [3.63, 3.8) is 0 Å². The summed E-state index contributed by atoms with van der Waals surface area (Å²) >= 11 is 0. The second kappa shape index (κ2) is 6.12. The molecule has 3 nitrogen and oxygen atoms in total. The lowest BCUT2D eigenvalue weighted by Gasteiger charge is -2.21. The fraction of sp³-hybridized carbons (Fsp3) is 0.471. The monoisotopic (exact) mass is 270 g/mol. The maximum absolute atomic E-state index is 5.82. The summed E-state index contributed by atoms with van der Waals surface area (Å²) in [4.78, 5) is 0. The zero-order valence-corrected chi connectivity index (χ0v) is 12.1. The first-order valence-electron chi connectivity index (χ1n) is 7.54. The number of ether oxygens (including phenoxy) is 1. The molecule has 1 aliphatic carbocycles. The lowest BCUT2D eigenvalue weighted by Crippen LogP contribution is -2.12. The molecule has 0 bridgehead atoms. The van der Waals surface area contributed by atoms with E-state index in [4.69, 9.17) is 4.74 Å². The number of nitrogens with zero attached hydrogens (tertiary/aromatic N) is 2. The average Bonchev–Trinajstić information content (AvgIpc) is 2.97. The van der Waals surface area contributed by atoms with Crippen molar-refractivity contribution < 1.29 is 4.74 Å². The predicted octanol–water partition coefficient (Wildman–Crippen LogP) is 4.28. The lowest BCUT2D eigenvalue weighted by atomic mass is 9.96. The van der Waals surface area contributed by atoms with Crippen LogP contribution in [0, 0.1) is 6.92 Å². The second-order valence-corrected chi connectivity index (χ2v) is 5.72. The molecule has 0 saturated heterocycles. The fourth-order valence-corrected chi connectivity index (χ4v) is 2.79. The van der Waals surface area contributed by atoms with Gasteiger partial charge in [-0.15, -0.1) is 0 Å². The van der Waals surface area contributed by atoms with Gasteiger partial charge in [-0.2, -0.15) is 5.10 Å². The molecule has 1 heterocycles. The van der Waals surface area contributed by atoms with Crippen LogP contribution in [0.15, 0.2) is 36.7 Å². The van der Waals surface area contributed by atoms with Gasteiger partial charge in [0.25, 0.3) is 0 Å². The summed E-state index contributed by atoms with van der Waals surface area (Å²) in [6.45, 7) is 2.70. The van der Waals surface area contributed by atoms with Gasteiger partial charge in [0.05, 0.1) is 18.4 Å². The SMILES string of the molecule is Cc1ccc(COc2cnn(C3CCCCC3)c2)cc1. The van der Waals surface area contributed by atoms with Crippen LogP contribution in [0.3, 0.4) is 0 Å². The lowest BCUT2D eigenvalue weighted by molar-refractivity contribution is 0.301. The highest BCUT2D eigenvalue weighted by molar-refractivity contribution is 5.21. The molecule has 106 valence electrons. The molecule has 1 aromatic carbocycles. The zero-order valence-electron chi connectivity index (χ0n) is 12.1. The minimum absolute atomic E-state index is 0.570. The third kappa shape index (κ3) is 3.21. The van der Waals surface area contributed by atoms with Gasteiger partial charge >= 0.3 is 0 Å². The first-order chi connectivity index (χ1) is 9.81. The third-order valence-corrected chi connectivity index (χ3v) is 4.05. The Hall–Kier alpha value is -1.77. The normalized spacial score (nSPS) is 16.2. The van der Waals surface area contributed by atoms with Crippen LogP contribution in [0.1, 0.15) is 49.3 Å². The molecule has 0 radical (unpaired) electrons. The fourth-order valence-electron chi connectivity index (χ4n) is 2.79. The number of aromatic nitrogens is 2. The van der Waals surface area contributed by atoms with E-state index in [1.165, 1.54) is 43.2 Å². The minimum atomic E-state index is 0.570. The van der Waals surface area contributed by atoms with E-state index in [1.807, 2.05) is 12.4 Å².